The second-order valence-electron chi connectivity index (χ2n) is 6.18. The highest BCUT2D eigenvalue weighted by molar-refractivity contribution is 5.94. The van der Waals surface area contributed by atoms with Crippen molar-refractivity contribution in [1.29, 1.82) is 0 Å². The van der Waals surface area contributed by atoms with Gasteiger partial charge in [0.25, 0.3) is 5.91 Å². The quantitative estimate of drug-likeness (QED) is 0.803. The molecule has 1 heterocycles. The smallest absolute Gasteiger partial charge is 0.254 e. The number of rotatable bonds is 6. The Morgan fingerprint density at radius 2 is 1.92 bits per heavy atom. The molecule has 0 aromatic heterocycles. The van der Waals surface area contributed by atoms with Crippen LogP contribution in [0.2, 0.25) is 0 Å². The number of hydrogen-bond acceptors (Lipinski definition) is 3. The minimum Gasteiger partial charge on any atom is -0.497 e. The van der Waals surface area contributed by atoms with Gasteiger partial charge in [-0.2, -0.15) is 0 Å². The van der Waals surface area contributed by atoms with Crippen molar-refractivity contribution < 1.29 is 18.7 Å². The van der Waals surface area contributed by atoms with E-state index < -0.39 is 0 Å². The minimum atomic E-state index is -0.282. The molecule has 0 aliphatic carbocycles. The second kappa shape index (κ2) is 8.12. The van der Waals surface area contributed by atoms with E-state index in [-0.39, 0.29) is 17.8 Å². The molecule has 1 aliphatic rings. The van der Waals surface area contributed by atoms with Gasteiger partial charge in [-0.05, 0) is 54.8 Å². The van der Waals surface area contributed by atoms with Gasteiger partial charge < -0.3 is 14.4 Å². The summed E-state index contributed by atoms with van der Waals surface area (Å²) in [4.78, 5) is 14.7. The summed E-state index contributed by atoms with van der Waals surface area (Å²) in [5.74, 6) is 0.360. The van der Waals surface area contributed by atoms with Crippen LogP contribution in [0.1, 0.15) is 28.8 Å². The maximum atomic E-state index is 13.1. The fourth-order valence-electron chi connectivity index (χ4n) is 2.98. The normalized spacial score (nSPS) is 16.6. The van der Waals surface area contributed by atoms with Crippen LogP contribution in [0.3, 0.4) is 0 Å². The molecule has 2 aromatic rings. The van der Waals surface area contributed by atoms with E-state index in [1.165, 1.54) is 12.1 Å². The van der Waals surface area contributed by atoms with Crippen LogP contribution in [0, 0.1) is 5.82 Å². The zero-order valence-electron chi connectivity index (χ0n) is 14.3. The standard InChI is InChI=1S/C20H22FNO3/c1-24-18-10-6-16(7-11-18)20(23)22(14-19-3-2-12-25-19)13-15-4-8-17(21)9-5-15/h4-11,19H,2-3,12-14H2,1H3. The lowest BCUT2D eigenvalue weighted by Crippen LogP contribution is -2.37. The minimum absolute atomic E-state index is 0.0580. The summed E-state index contributed by atoms with van der Waals surface area (Å²) in [5.41, 5.74) is 1.49. The largest absolute Gasteiger partial charge is 0.497 e. The molecule has 0 saturated carbocycles. The van der Waals surface area contributed by atoms with Gasteiger partial charge >= 0.3 is 0 Å². The third kappa shape index (κ3) is 4.57. The fraction of sp³-hybridized carbons (Fsp3) is 0.350. The van der Waals surface area contributed by atoms with E-state index in [2.05, 4.69) is 0 Å². The van der Waals surface area contributed by atoms with Crippen molar-refractivity contribution in [2.24, 2.45) is 0 Å². The predicted molar refractivity (Wildman–Crippen MR) is 93.1 cm³/mol. The molecular formula is C20H22FNO3. The third-order valence-corrected chi connectivity index (χ3v) is 4.36. The van der Waals surface area contributed by atoms with Crippen molar-refractivity contribution in [3.05, 3.63) is 65.5 Å². The van der Waals surface area contributed by atoms with E-state index in [0.29, 0.717) is 24.4 Å². The molecule has 132 valence electrons. The first-order valence-corrected chi connectivity index (χ1v) is 8.45. The number of carbonyl (C=O) groups excluding carboxylic acids is 1. The van der Waals surface area contributed by atoms with Gasteiger partial charge in [-0.3, -0.25) is 4.79 Å². The van der Waals surface area contributed by atoms with E-state index in [4.69, 9.17) is 9.47 Å². The van der Waals surface area contributed by atoms with Crippen molar-refractivity contribution in [3.8, 4) is 5.75 Å². The number of hydrogen-bond donors (Lipinski definition) is 0. The van der Waals surface area contributed by atoms with Crippen LogP contribution < -0.4 is 4.74 Å². The van der Waals surface area contributed by atoms with Gasteiger partial charge in [0.05, 0.1) is 13.2 Å². The van der Waals surface area contributed by atoms with Crippen LogP contribution in [0.25, 0.3) is 0 Å². The molecule has 1 atom stereocenters. The lowest BCUT2D eigenvalue weighted by molar-refractivity contribution is 0.0507. The highest BCUT2D eigenvalue weighted by Crippen LogP contribution is 2.19. The molecule has 0 spiro atoms. The Kier molecular flexibility index (Phi) is 5.66. The van der Waals surface area contributed by atoms with Crippen molar-refractivity contribution in [3.63, 3.8) is 0 Å². The van der Waals surface area contributed by atoms with Gasteiger partial charge in [-0.15, -0.1) is 0 Å². The van der Waals surface area contributed by atoms with Crippen molar-refractivity contribution in [1.82, 2.24) is 4.90 Å². The molecule has 3 rings (SSSR count). The lowest BCUT2D eigenvalue weighted by atomic mass is 10.1. The summed E-state index contributed by atoms with van der Waals surface area (Å²) in [6.45, 7) is 1.69. The Hall–Kier alpha value is -2.40. The summed E-state index contributed by atoms with van der Waals surface area (Å²) in [7, 11) is 1.59. The maximum Gasteiger partial charge on any atom is 0.254 e. The van der Waals surface area contributed by atoms with Gasteiger partial charge in [-0.1, -0.05) is 12.1 Å². The molecule has 25 heavy (non-hydrogen) atoms. The zero-order chi connectivity index (χ0) is 17.6. The van der Waals surface area contributed by atoms with Crippen LogP contribution >= 0.6 is 0 Å². The Labute approximate surface area is 147 Å². The van der Waals surface area contributed by atoms with E-state index in [1.54, 1.807) is 48.4 Å². The van der Waals surface area contributed by atoms with Crippen LogP contribution in [0.5, 0.6) is 5.75 Å². The van der Waals surface area contributed by atoms with Crippen molar-refractivity contribution in [2.75, 3.05) is 20.3 Å². The maximum absolute atomic E-state index is 13.1. The number of halogens is 1. The molecule has 1 saturated heterocycles. The predicted octanol–water partition coefficient (Wildman–Crippen LogP) is 3.66. The molecule has 1 aliphatic heterocycles. The Bertz CT molecular complexity index is 694. The van der Waals surface area contributed by atoms with Gasteiger partial charge in [0, 0.05) is 25.3 Å². The van der Waals surface area contributed by atoms with Gasteiger partial charge in [0.1, 0.15) is 11.6 Å². The SMILES string of the molecule is COc1ccc(C(=O)N(Cc2ccc(F)cc2)CC2CCCO2)cc1. The first kappa shape index (κ1) is 17.4. The fourth-order valence-corrected chi connectivity index (χ4v) is 2.98. The second-order valence-corrected chi connectivity index (χ2v) is 6.18. The number of benzene rings is 2. The van der Waals surface area contributed by atoms with Crippen LogP contribution in [0.15, 0.2) is 48.5 Å². The summed E-state index contributed by atoms with van der Waals surface area (Å²) < 4.78 is 24.0. The van der Waals surface area contributed by atoms with Crippen LogP contribution in [-0.2, 0) is 11.3 Å². The highest BCUT2D eigenvalue weighted by atomic mass is 19.1. The van der Waals surface area contributed by atoms with Crippen molar-refractivity contribution >= 4 is 5.91 Å². The molecule has 1 unspecified atom stereocenters. The average molecular weight is 343 g/mol. The number of methoxy groups -OCH3 is 1. The number of amides is 1. The highest BCUT2D eigenvalue weighted by Gasteiger charge is 2.23. The van der Waals surface area contributed by atoms with Crippen LogP contribution in [-0.4, -0.2) is 37.2 Å². The van der Waals surface area contributed by atoms with E-state index in [0.717, 1.165) is 25.0 Å². The molecule has 5 heteroatoms. The topological polar surface area (TPSA) is 38.8 Å². The molecule has 0 bridgehead atoms. The van der Waals surface area contributed by atoms with E-state index >= 15 is 0 Å². The lowest BCUT2D eigenvalue weighted by Gasteiger charge is -2.26. The molecule has 1 fully saturated rings. The Balaban J connectivity index is 1.78. The third-order valence-electron chi connectivity index (χ3n) is 4.36. The van der Waals surface area contributed by atoms with E-state index in [1.807, 2.05) is 0 Å². The zero-order valence-corrected chi connectivity index (χ0v) is 14.3. The Morgan fingerprint density at radius 3 is 2.52 bits per heavy atom. The van der Waals surface area contributed by atoms with Crippen molar-refractivity contribution in [2.45, 2.75) is 25.5 Å². The summed E-state index contributed by atoms with van der Waals surface area (Å²) in [6, 6.07) is 13.3. The monoisotopic (exact) mass is 343 g/mol. The van der Waals surface area contributed by atoms with Gasteiger partial charge in [0.15, 0.2) is 0 Å². The molecule has 1 amide bonds. The number of nitrogens with zero attached hydrogens (tertiary/aromatic N) is 1. The van der Waals surface area contributed by atoms with Gasteiger partial charge in [0.2, 0.25) is 0 Å². The Morgan fingerprint density at radius 1 is 1.20 bits per heavy atom. The molecule has 2 aromatic carbocycles. The number of carbonyl (C=O) groups is 1. The van der Waals surface area contributed by atoms with E-state index in [9.17, 15) is 9.18 Å². The van der Waals surface area contributed by atoms with Gasteiger partial charge in [-0.25, -0.2) is 4.39 Å². The average Bonchev–Trinajstić information content (AvgIpc) is 3.15. The van der Waals surface area contributed by atoms with Crippen LogP contribution in [0.4, 0.5) is 4.39 Å². The molecule has 4 nitrogen and oxygen atoms in total. The molecule has 0 N–H and O–H groups in total. The first-order chi connectivity index (χ1) is 12.2. The summed E-state index contributed by atoms with van der Waals surface area (Å²) >= 11 is 0. The summed E-state index contributed by atoms with van der Waals surface area (Å²) in [6.07, 6.45) is 2.03. The molecular weight excluding hydrogens is 321 g/mol. The first-order valence-electron chi connectivity index (χ1n) is 8.45. The summed E-state index contributed by atoms with van der Waals surface area (Å²) in [5, 5.41) is 0. The number of ether oxygens (including phenoxy) is 2. The molecule has 0 radical (unpaired) electrons.